The fraction of sp³-hybridized carbons (Fsp3) is 0.350. The molecule has 146 valence electrons. The molecule has 0 aromatic heterocycles. The second-order valence-corrected chi connectivity index (χ2v) is 9.07. The van der Waals surface area contributed by atoms with Gasteiger partial charge in [-0.25, -0.2) is 13.2 Å². The third kappa shape index (κ3) is 7.80. The molecule has 2 amide bonds. The number of nitrogens with zero attached hydrogens (tertiary/aromatic N) is 1. The molecule has 2 rings (SSSR count). The second-order valence-electron chi connectivity index (χ2n) is 6.93. The van der Waals surface area contributed by atoms with Crippen molar-refractivity contribution >= 4 is 15.9 Å². The SMILES string of the molecule is CN(C)Cc1ccccc1CNC(=O)NCc1cccc(CS(C)(=O)=O)c1. The minimum Gasteiger partial charge on any atom is -0.334 e. The molecule has 0 aliphatic carbocycles. The zero-order valence-corrected chi connectivity index (χ0v) is 16.8. The number of amides is 2. The van der Waals surface area contributed by atoms with Gasteiger partial charge in [-0.2, -0.15) is 0 Å². The molecular weight excluding hydrogens is 362 g/mol. The number of urea groups is 1. The predicted molar refractivity (Wildman–Crippen MR) is 108 cm³/mol. The van der Waals surface area contributed by atoms with Crippen LogP contribution in [0.3, 0.4) is 0 Å². The van der Waals surface area contributed by atoms with E-state index < -0.39 is 9.84 Å². The van der Waals surface area contributed by atoms with Crippen molar-refractivity contribution in [1.29, 1.82) is 0 Å². The summed E-state index contributed by atoms with van der Waals surface area (Å²) in [6.45, 7) is 1.60. The summed E-state index contributed by atoms with van der Waals surface area (Å²) >= 11 is 0. The van der Waals surface area contributed by atoms with Gasteiger partial charge in [0, 0.05) is 25.9 Å². The van der Waals surface area contributed by atoms with Gasteiger partial charge in [0.15, 0.2) is 9.84 Å². The van der Waals surface area contributed by atoms with Crippen molar-refractivity contribution < 1.29 is 13.2 Å². The molecule has 0 atom stereocenters. The van der Waals surface area contributed by atoms with Crippen LogP contribution in [0.4, 0.5) is 4.79 Å². The van der Waals surface area contributed by atoms with Gasteiger partial charge < -0.3 is 15.5 Å². The van der Waals surface area contributed by atoms with Gasteiger partial charge in [-0.15, -0.1) is 0 Å². The predicted octanol–water partition coefficient (Wildman–Crippen LogP) is 2.29. The zero-order valence-electron chi connectivity index (χ0n) is 16.0. The number of benzene rings is 2. The summed E-state index contributed by atoms with van der Waals surface area (Å²) < 4.78 is 22.8. The van der Waals surface area contributed by atoms with Crippen molar-refractivity contribution in [1.82, 2.24) is 15.5 Å². The first-order valence-electron chi connectivity index (χ1n) is 8.72. The summed E-state index contributed by atoms with van der Waals surface area (Å²) in [4.78, 5) is 14.2. The first-order chi connectivity index (χ1) is 12.7. The number of rotatable bonds is 8. The molecule has 0 bridgehead atoms. The number of carbonyl (C=O) groups excluding carboxylic acids is 1. The molecule has 0 heterocycles. The van der Waals surface area contributed by atoms with Crippen molar-refractivity contribution in [3.8, 4) is 0 Å². The quantitative estimate of drug-likeness (QED) is 0.726. The maximum absolute atomic E-state index is 12.1. The van der Waals surface area contributed by atoms with Crippen LogP contribution in [0, 0.1) is 0 Å². The molecular formula is C20H27N3O3S. The molecule has 2 aromatic carbocycles. The van der Waals surface area contributed by atoms with Crippen LogP contribution in [-0.4, -0.2) is 39.7 Å². The van der Waals surface area contributed by atoms with E-state index in [4.69, 9.17) is 0 Å². The Labute approximate surface area is 161 Å². The fourth-order valence-electron chi connectivity index (χ4n) is 2.78. The molecule has 0 fully saturated rings. The maximum Gasteiger partial charge on any atom is 0.315 e. The minimum absolute atomic E-state index is 0.00427. The van der Waals surface area contributed by atoms with Crippen LogP contribution in [-0.2, 0) is 35.2 Å². The highest BCUT2D eigenvalue weighted by Gasteiger charge is 2.07. The summed E-state index contributed by atoms with van der Waals surface area (Å²) in [6, 6.07) is 15.0. The van der Waals surface area contributed by atoms with E-state index in [0.717, 1.165) is 23.2 Å². The standard InChI is InChI=1S/C20H27N3O3S/c1-23(2)14-19-10-5-4-9-18(19)13-22-20(24)21-12-16-7-6-8-17(11-16)15-27(3,25)26/h4-11H,12-15H2,1-3H3,(H2,21,22,24). The normalized spacial score (nSPS) is 11.4. The van der Waals surface area contributed by atoms with Crippen LogP contribution < -0.4 is 10.6 Å². The first-order valence-corrected chi connectivity index (χ1v) is 10.8. The molecule has 0 saturated carbocycles. The van der Waals surface area contributed by atoms with Gasteiger partial charge >= 0.3 is 6.03 Å². The average Bonchev–Trinajstić information content (AvgIpc) is 2.57. The number of carbonyl (C=O) groups is 1. The Kier molecular flexibility index (Phi) is 7.38. The summed E-state index contributed by atoms with van der Waals surface area (Å²) in [5.41, 5.74) is 3.84. The van der Waals surface area contributed by atoms with Crippen LogP contribution in [0.25, 0.3) is 0 Å². The lowest BCUT2D eigenvalue weighted by Crippen LogP contribution is -2.34. The van der Waals surface area contributed by atoms with Crippen LogP contribution in [0.1, 0.15) is 22.3 Å². The molecule has 7 heteroatoms. The molecule has 27 heavy (non-hydrogen) atoms. The van der Waals surface area contributed by atoms with Gasteiger partial charge in [0.2, 0.25) is 0 Å². The summed E-state index contributed by atoms with van der Waals surface area (Å²) in [7, 11) is 0.937. The first kappa shape index (κ1) is 20.9. The summed E-state index contributed by atoms with van der Waals surface area (Å²) in [5, 5.41) is 5.68. The van der Waals surface area contributed by atoms with E-state index in [-0.39, 0.29) is 11.8 Å². The van der Waals surface area contributed by atoms with E-state index in [1.165, 1.54) is 11.8 Å². The third-order valence-electron chi connectivity index (χ3n) is 3.92. The average molecular weight is 390 g/mol. The van der Waals surface area contributed by atoms with Crippen LogP contribution in [0.5, 0.6) is 0 Å². The molecule has 0 aliphatic rings. The van der Waals surface area contributed by atoms with Gasteiger partial charge in [-0.1, -0.05) is 48.5 Å². The van der Waals surface area contributed by atoms with Crippen molar-refractivity contribution in [2.45, 2.75) is 25.4 Å². The van der Waals surface area contributed by atoms with E-state index in [1.807, 2.05) is 38.4 Å². The van der Waals surface area contributed by atoms with Gasteiger partial charge in [0.05, 0.1) is 5.75 Å². The van der Waals surface area contributed by atoms with E-state index in [1.54, 1.807) is 18.2 Å². The van der Waals surface area contributed by atoms with Gasteiger partial charge in [-0.3, -0.25) is 0 Å². The van der Waals surface area contributed by atoms with Gasteiger partial charge in [-0.05, 0) is 36.3 Å². The summed E-state index contributed by atoms with van der Waals surface area (Å²) in [6.07, 6.45) is 1.21. The molecule has 2 N–H and O–H groups in total. The number of nitrogens with one attached hydrogen (secondary N) is 2. The second kappa shape index (κ2) is 9.53. The van der Waals surface area contributed by atoms with Crippen molar-refractivity contribution in [3.63, 3.8) is 0 Å². The minimum atomic E-state index is -3.08. The highest BCUT2D eigenvalue weighted by molar-refractivity contribution is 7.89. The molecule has 0 radical (unpaired) electrons. The molecule has 2 aromatic rings. The third-order valence-corrected chi connectivity index (χ3v) is 4.78. The molecule has 0 aliphatic heterocycles. The van der Waals surface area contributed by atoms with Crippen LogP contribution >= 0.6 is 0 Å². The Balaban J connectivity index is 1.88. The number of hydrogen-bond acceptors (Lipinski definition) is 4. The lowest BCUT2D eigenvalue weighted by atomic mass is 10.1. The van der Waals surface area contributed by atoms with E-state index in [2.05, 4.69) is 21.6 Å². The number of hydrogen-bond donors (Lipinski definition) is 2. The van der Waals surface area contributed by atoms with Crippen molar-refractivity contribution in [2.75, 3.05) is 20.4 Å². The molecule has 0 saturated heterocycles. The monoisotopic (exact) mass is 389 g/mol. The summed E-state index contributed by atoms with van der Waals surface area (Å²) in [5.74, 6) is -0.00427. The van der Waals surface area contributed by atoms with Crippen LogP contribution in [0.15, 0.2) is 48.5 Å². The van der Waals surface area contributed by atoms with Crippen LogP contribution in [0.2, 0.25) is 0 Å². The Bertz CT molecular complexity index is 880. The largest absolute Gasteiger partial charge is 0.334 e. The Hall–Kier alpha value is -2.38. The highest BCUT2D eigenvalue weighted by atomic mass is 32.2. The van der Waals surface area contributed by atoms with Gasteiger partial charge in [0.1, 0.15) is 0 Å². The van der Waals surface area contributed by atoms with E-state index in [0.29, 0.717) is 13.1 Å². The zero-order chi connectivity index (χ0) is 19.9. The van der Waals surface area contributed by atoms with Crippen molar-refractivity contribution in [3.05, 3.63) is 70.8 Å². The van der Waals surface area contributed by atoms with Crippen molar-refractivity contribution in [2.24, 2.45) is 0 Å². The van der Waals surface area contributed by atoms with Gasteiger partial charge in [0.25, 0.3) is 0 Å². The fourth-order valence-corrected chi connectivity index (χ4v) is 3.56. The lowest BCUT2D eigenvalue weighted by Gasteiger charge is -2.15. The van der Waals surface area contributed by atoms with E-state index >= 15 is 0 Å². The smallest absolute Gasteiger partial charge is 0.315 e. The Morgan fingerprint density at radius 2 is 1.56 bits per heavy atom. The topological polar surface area (TPSA) is 78.5 Å². The van der Waals surface area contributed by atoms with E-state index in [9.17, 15) is 13.2 Å². The molecule has 0 unspecified atom stereocenters. The molecule has 6 nitrogen and oxygen atoms in total. The molecule has 0 spiro atoms. The Morgan fingerprint density at radius 3 is 2.22 bits per heavy atom. The lowest BCUT2D eigenvalue weighted by molar-refractivity contribution is 0.240. The Morgan fingerprint density at radius 1 is 0.926 bits per heavy atom. The maximum atomic E-state index is 12.1. The highest BCUT2D eigenvalue weighted by Crippen LogP contribution is 2.11. The number of sulfone groups is 1.